The first kappa shape index (κ1) is 17.0. The Kier molecular flexibility index (Phi) is 5.30. The van der Waals surface area contributed by atoms with Crippen LogP contribution in [0.2, 0.25) is 0 Å². The minimum atomic E-state index is -0.179. The lowest BCUT2D eigenvalue weighted by atomic mass is 10.2. The van der Waals surface area contributed by atoms with Gasteiger partial charge in [-0.2, -0.15) is 0 Å². The van der Waals surface area contributed by atoms with E-state index in [-0.39, 0.29) is 24.9 Å². The van der Waals surface area contributed by atoms with E-state index >= 15 is 0 Å². The zero-order valence-corrected chi connectivity index (χ0v) is 14.1. The fraction of sp³-hybridized carbons (Fsp3) is 0.263. The van der Waals surface area contributed by atoms with Crippen molar-refractivity contribution >= 4 is 23.2 Å². The average molecular weight is 339 g/mol. The number of rotatable bonds is 6. The highest BCUT2D eigenvalue weighted by Crippen LogP contribution is 2.28. The lowest BCUT2D eigenvalue weighted by Crippen LogP contribution is -2.46. The maximum atomic E-state index is 12.6. The molecule has 0 saturated carbocycles. The third-order valence-electron chi connectivity index (χ3n) is 3.96. The zero-order valence-electron chi connectivity index (χ0n) is 14.1. The van der Waals surface area contributed by atoms with E-state index in [0.717, 1.165) is 11.4 Å². The molecule has 0 unspecified atom stereocenters. The zero-order chi connectivity index (χ0) is 17.6. The van der Waals surface area contributed by atoms with Crippen LogP contribution in [0.5, 0.6) is 5.75 Å². The van der Waals surface area contributed by atoms with E-state index in [1.54, 1.807) is 6.07 Å². The molecule has 130 valence electrons. The molecule has 0 saturated heterocycles. The Bertz CT molecular complexity index is 749. The van der Waals surface area contributed by atoms with Gasteiger partial charge in [-0.15, -0.1) is 0 Å². The fourth-order valence-electron chi connectivity index (χ4n) is 2.69. The normalized spacial score (nSPS) is 13.4. The highest BCUT2D eigenvalue weighted by molar-refractivity contribution is 6.10. The van der Waals surface area contributed by atoms with Gasteiger partial charge in [0.05, 0.1) is 17.9 Å². The third-order valence-corrected chi connectivity index (χ3v) is 3.96. The maximum absolute atomic E-state index is 12.6. The number of anilines is 2. The molecule has 0 fully saturated rings. The van der Waals surface area contributed by atoms with E-state index in [9.17, 15) is 9.59 Å². The van der Waals surface area contributed by atoms with Gasteiger partial charge >= 0.3 is 0 Å². The Morgan fingerprint density at radius 3 is 2.68 bits per heavy atom. The molecule has 2 aromatic carbocycles. The SMILES string of the molecule is CN(CCOc1ccccc1)CC(=O)N1CC(=O)Nc2ccccc21. The van der Waals surface area contributed by atoms with Crippen molar-refractivity contribution in [1.82, 2.24) is 4.90 Å². The quantitative estimate of drug-likeness (QED) is 0.874. The number of nitrogens with zero attached hydrogens (tertiary/aromatic N) is 2. The van der Waals surface area contributed by atoms with Crippen LogP contribution in [0.25, 0.3) is 0 Å². The summed E-state index contributed by atoms with van der Waals surface area (Å²) in [4.78, 5) is 27.8. The van der Waals surface area contributed by atoms with Crippen LogP contribution < -0.4 is 15.0 Å². The summed E-state index contributed by atoms with van der Waals surface area (Å²) in [5.74, 6) is 0.524. The van der Waals surface area contributed by atoms with Crippen molar-refractivity contribution in [3.05, 3.63) is 54.6 Å². The van der Waals surface area contributed by atoms with Crippen molar-refractivity contribution in [1.29, 1.82) is 0 Å². The standard InChI is InChI=1S/C19H21N3O3/c1-21(11-12-25-15-7-3-2-4-8-15)14-19(24)22-13-18(23)20-16-9-5-6-10-17(16)22/h2-10H,11-14H2,1H3,(H,20,23). The largest absolute Gasteiger partial charge is 0.492 e. The molecule has 3 rings (SSSR count). The second-order valence-electron chi connectivity index (χ2n) is 5.94. The number of carbonyl (C=O) groups excluding carboxylic acids is 2. The van der Waals surface area contributed by atoms with Gasteiger partial charge in [0.1, 0.15) is 18.9 Å². The molecule has 0 aliphatic carbocycles. The molecule has 1 aliphatic rings. The van der Waals surface area contributed by atoms with Crippen molar-refractivity contribution in [2.24, 2.45) is 0 Å². The Labute approximate surface area is 147 Å². The fourth-order valence-corrected chi connectivity index (χ4v) is 2.69. The first-order valence-corrected chi connectivity index (χ1v) is 8.19. The number of para-hydroxylation sites is 3. The summed E-state index contributed by atoms with van der Waals surface area (Å²) < 4.78 is 5.65. The van der Waals surface area contributed by atoms with Crippen molar-refractivity contribution in [3.63, 3.8) is 0 Å². The molecule has 2 aromatic rings. The van der Waals surface area contributed by atoms with Gasteiger partial charge < -0.3 is 10.1 Å². The number of hydrogen-bond acceptors (Lipinski definition) is 4. The monoisotopic (exact) mass is 339 g/mol. The van der Waals surface area contributed by atoms with Gasteiger partial charge in [-0.25, -0.2) is 0 Å². The second kappa shape index (κ2) is 7.81. The lowest BCUT2D eigenvalue weighted by Gasteiger charge is -2.30. The van der Waals surface area contributed by atoms with Crippen LogP contribution in [0.1, 0.15) is 0 Å². The Morgan fingerprint density at radius 1 is 1.16 bits per heavy atom. The van der Waals surface area contributed by atoms with E-state index in [2.05, 4.69) is 5.32 Å². The Hall–Kier alpha value is -2.86. The molecule has 2 amide bonds. The summed E-state index contributed by atoms with van der Waals surface area (Å²) in [5, 5.41) is 2.78. The highest BCUT2D eigenvalue weighted by Gasteiger charge is 2.26. The number of likely N-dealkylation sites (N-methyl/N-ethyl adjacent to an activating group) is 1. The van der Waals surface area contributed by atoms with Crippen molar-refractivity contribution in [3.8, 4) is 5.75 Å². The number of nitrogens with one attached hydrogen (secondary N) is 1. The lowest BCUT2D eigenvalue weighted by molar-refractivity contribution is -0.122. The molecule has 1 heterocycles. The maximum Gasteiger partial charge on any atom is 0.244 e. The highest BCUT2D eigenvalue weighted by atomic mass is 16.5. The number of hydrogen-bond donors (Lipinski definition) is 1. The number of benzene rings is 2. The molecular weight excluding hydrogens is 318 g/mol. The summed E-state index contributed by atoms with van der Waals surface area (Å²) in [6.45, 7) is 1.37. The molecular formula is C19H21N3O3. The molecule has 25 heavy (non-hydrogen) atoms. The minimum absolute atomic E-state index is 0.0458. The molecule has 0 radical (unpaired) electrons. The number of ether oxygens (including phenoxy) is 1. The first-order chi connectivity index (χ1) is 12.1. The Morgan fingerprint density at radius 2 is 1.88 bits per heavy atom. The van der Waals surface area contributed by atoms with Crippen molar-refractivity contribution < 1.29 is 14.3 Å². The predicted octanol–water partition coefficient (Wildman–Crippen LogP) is 1.98. The first-order valence-electron chi connectivity index (χ1n) is 8.19. The summed E-state index contributed by atoms with van der Waals surface area (Å²) in [7, 11) is 1.86. The second-order valence-corrected chi connectivity index (χ2v) is 5.94. The van der Waals surface area contributed by atoms with Gasteiger partial charge in [-0.05, 0) is 31.3 Å². The van der Waals surface area contributed by atoms with Gasteiger partial charge in [0.25, 0.3) is 0 Å². The molecule has 1 aliphatic heterocycles. The number of fused-ring (bicyclic) bond motifs is 1. The van der Waals surface area contributed by atoms with Crippen molar-refractivity contribution in [2.45, 2.75) is 0 Å². The van der Waals surface area contributed by atoms with Gasteiger partial charge in [-0.3, -0.25) is 19.4 Å². The Balaban J connectivity index is 1.54. The van der Waals surface area contributed by atoms with Gasteiger partial charge in [0.15, 0.2) is 0 Å². The van der Waals surface area contributed by atoms with E-state index in [0.29, 0.717) is 18.8 Å². The molecule has 0 spiro atoms. The summed E-state index contributed by atoms with van der Waals surface area (Å²) in [5.41, 5.74) is 1.41. The molecule has 0 bridgehead atoms. The summed E-state index contributed by atoms with van der Waals surface area (Å²) >= 11 is 0. The van der Waals surface area contributed by atoms with Gasteiger partial charge in [0.2, 0.25) is 11.8 Å². The van der Waals surface area contributed by atoms with Crippen LogP contribution in [0.15, 0.2) is 54.6 Å². The minimum Gasteiger partial charge on any atom is -0.492 e. The molecule has 0 aromatic heterocycles. The molecule has 6 nitrogen and oxygen atoms in total. The molecule has 1 N–H and O–H groups in total. The smallest absolute Gasteiger partial charge is 0.244 e. The number of carbonyl (C=O) groups is 2. The van der Waals surface area contributed by atoms with Crippen molar-refractivity contribution in [2.75, 3.05) is 43.5 Å². The van der Waals surface area contributed by atoms with Crippen LogP contribution in [-0.2, 0) is 9.59 Å². The van der Waals surface area contributed by atoms with Crippen LogP contribution in [0.3, 0.4) is 0 Å². The third kappa shape index (κ3) is 4.36. The van der Waals surface area contributed by atoms with Crippen LogP contribution in [0, 0.1) is 0 Å². The van der Waals surface area contributed by atoms with Gasteiger partial charge in [0, 0.05) is 6.54 Å². The van der Waals surface area contributed by atoms with Gasteiger partial charge in [-0.1, -0.05) is 30.3 Å². The van der Waals surface area contributed by atoms with E-state index in [1.165, 1.54) is 4.90 Å². The topological polar surface area (TPSA) is 61.9 Å². The van der Waals surface area contributed by atoms with Crippen LogP contribution in [0.4, 0.5) is 11.4 Å². The van der Waals surface area contributed by atoms with E-state index < -0.39 is 0 Å². The molecule has 0 atom stereocenters. The van der Waals surface area contributed by atoms with Crippen LogP contribution in [-0.4, -0.2) is 50.0 Å². The summed E-state index contributed by atoms with van der Waals surface area (Å²) in [6.07, 6.45) is 0. The van der Waals surface area contributed by atoms with E-state index in [4.69, 9.17) is 4.74 Å². The summed E-state index contributed by atoms with van der Waals surface area (Å²) in [6, 6.07) is 16.9. The van der Waals surface area contributed by atoms with E-state index in [1.807, 2.05) is 60.5 Å². The van der Waals surface area contributed by atoms with Crippen LogP contribution >= 0.6 is 0 Å². The number of amides is 2. The average Bonchev–Trinajstić information content (AvgIpc) is 2.61. The predicted molar refractivity (Wildman–Crippen MR) is 96.9 cm³/mol. The molecule has 6 heteroatoms.